The molecule has 0 saturated heterocycles. The van der Waals surface area contributed by atoms with Crippen LogP contribution in [0.3, 0.4) is 0 Å². The van der Waals surface area contributed by atoms with Crippen LogP contribution in [0.1, 0.15) is 0 Å². The van der Waals surface area contributed by atoms with Gasteiger partial charge in [0, 0.05) is 12.6 Å². The normalized spacial score (nSPS) is 9.76. The first kappa shape index (κ1) is 13.2. The Bertz CT molecular complexity index is 360. The lowest BCUT2D eigenvalue weighted by molar-refractivity contribution is 0.230. The third-order valence-electron chi connectivity index (χ3n) is 1.85. The molecule has 0 saturated carbocycles. The summed E-state index contributed by atoms with van der Waals surface area (Å²) < 4.78 is 18.0. The van der Waals surface area contributed by atoms with Crippen molar-refractivity contribution >= 4 is 6.03 Å². The molecule has 0 aliphatic heterocycles. The monoisotopic (exact) mass is 242 g/mol. The van der Waals surface area contributed by atoms with E-state index in [1.807, 2.05) is 0 Å². The summed E-state index contributed by atoms with van der Waals surface area (Å²) in [6, 6.07) is 5.40. The maximum atomic E-state index is 12.8. The molecule has 0 aliphatic carbocycles. The molecule has 3 N–H and O–H groups in total. The minimum absolute atomic E-state index is 0.104. The fourth-order valence-electron chi connectivity index (χ4n) is 1.12. The van der Waals surface area contributed by atoms with Crippen molar-refractivity contribution in [3.8, 4) is 5.75 Å². The largest absolute Gasteiger partial charge is 0.492 e. The molecule has 0 bridgehead atoms. The number of urea groups is 1. The van der Waals surface area contributed by atoms with Crippen molar-refractivity contribution in [3.05, 3.63) is 30.1 Å². The maximum Gasteiger partial charge on any atom is 0.314 e. The quantitative estimate of drug-likeness (QED) is 0.636. The van der Waals surface area contributed by atoms with Gasteiger partial charge in [-0.15, -0.1) is 0 Å². The van der Waals surface area contributed by atoms with Gasteiger partial charge in [0.25, 0.3) is 0 Å². The highest BCUT2D eigenvalue weighted by Gasteiger charge is 1.99. The summed E-state index contributed by atoms with van der Waals surface area (Å²) in [6.45, 7) is 0.646. The molecule has 94 valence electrons. The molecule has 0 heterocycles. The zero-order chi connectivity index (χ0) is 12.5. The molecule has 0 atom stereocenters. The number of ether oxygens (including phenoxy) is 1. The van der Waals surface area contributed by atoms with Gasteiger partial charge in [0.15, 0.2) is 0 Å². The highest BCUT2D eigenvalue weighted by Crippen LogP contribution is 2.11. The third kappa shape index (κ3) is 5.72. The number of aliphatic hydroxyl groups excluding tert-OH is 1. The summed E-state index contributed by atoms with van der Waals surface area (Å²) in [4.78, 5) is 11.0. The Hall–Kier alpha value is -1.82. The van der Waals surface area contributed by atoms with Gasteiger partial charge in [-0.25, -0.2) is 9.18 Å². The summed E-state index contributed by atoms with van der Waals surface area (Å²) in [5, 5.41) is 13.4. The van der Waals surface area contributed by atoms with Crippen molar-refractivity contribution in [2.75, 3.05) is 26.3 Å². The number of hydrogen-bond donors (Lipinski definition) is 3. The van der Waals surface area contributed by atoms with Crippen molar-refractivity contribution < 1.29 is 19.0 Å². The highest BCUT2D eigenvalue weighted by molar-refractivity contribution is 5.73. The summed E-state index contributed by atoms with van der Waals surface area (Å²) in [7, 11) is 0. The van der Waals surface area contributed by atoms with Crippen molar-refractivity contribution in [1.29, 1.82) is 0 Å². The Balaban J connectivity index is 2.14. The predicted octanol–water partition coefficient (Wildman–Crippen LogP) is 0.496. The molecule has 17 heavy (non-hydrogen) atoms. The Morgan fingerprint density at radius 1 is 1.35 bits per heavy atom. The van der Waals surface area contributed by atoms with Gasteiger partial charge in [-0.1, -0.05) is 6.07 Å². The molecule has 6 heteroatoms. The average Bonchev–Trinajstić information content (AvgIpc) is 2.32. The zero-order valence-electron chi connectivity index (χ0n) is 9.28. The minimum Gasteiger partial charge on any atom is -0.492 e. The molecule has 0 radical (unpaired) electrons. The van der Waals surface area contributed by atoms with E-state index < -0.39 is 0 Å². The first-order chi connectivity index (χ1) is 8.22. The van der Waals surface area contributed by atoms with Crippen LogP contribution >= 0.6 is 0 Å². The van der Waals surface area contributed by atoms with E-state index in [4.69, 9.17) is 9.84 Å². The number of nitrogens with one attached hydrogen (secondary N) is 2. The number of rotatable bonds is 6. The van der Waals surface area contributed by atoms with Crippen LogP contribution in [0.2, 0.25) is 0 Å². The molecule has 0 aliphatic rings. The van der Waals surface area contributed by atoms with Crippen molar-refractivity contribution in [1.82, 2.24) is 10.6 Å². The molecule has 1 aromatic carbocycles. The average molecular weight is 242 g/mol. The van der Waals surface area contributed by atoms with Crippen LogP contribution in [0.15, 0.2) is 24.3 Å². The molecule has 0 fully saturated rings. The van der Waals surface area contributed by atoms with E-state index in [-0.39, 0.29) is 31.6 Å². The van der Waals surface area contributed by atoms with E-state index in [1.165, 1.54) is 12.1 Å². The zero-order valence-corrected chi connectivity index (χ0v) is 9.28. The van der Waals surface area contributed by atoms with Crippen LogP contribution in [-0.2, 0) is 0 Å². The van der Waals surface area contributed by atoms with E-state index in [2.05, 4.69) is 10.6 Å². The van der Waals surface area contributed by atoms with Crippen molar-refractivity contribution in [2.24, 2.45) is 0 Å². The summed E-state index contributed by atoms with van der Waals surface area (Å²) in [5.74, 6) is 0.0544. The van der Waals surface area contributed by atoms with Crippen LogP contribution < -0.4 is 15.4 Å². The van der Waals surface area contributed by atoms with Crippen molar-refractivity contribution in [2.45, 2.75) is 0 Å². The van der Waals surface area contributed by atoms with Gasteiger partial charge in [0.1, 0.15) is 18.2 Å². The summed E-state index contributed by atoms with van der Waals surface area (Å²) in [5.41, 5.74) is 0. The van der Waals surface area contributed by atoms with Gasteiger partial charge in [-0.05, 0) is 12.1 Å². The van der Waals surface area contributed by atoms with Gasteiger partial charge in [0.05, 0.1) is 13.2 Å². The van der Waals surface area contributed by atoms with Crippen LogP contribution in [-0.4, -0.2) is 37.4 Å². The van der Waals surface area contributed by atoms with E-state index >= 15 is 0 Å². The lowest BCUT2D eigenvalue weighted by Crippen LogP contribution is -2.38. The number of amides is 2. The lowest BCUT2D eigenvalue weighted by Gasteiger charge is -2.08. The molecule has 5 nitrogen and oxygen atoms in total. The van der Waals surface area contributed by atoms with E-state index in [1.54, 1.807) is 12.1 Å². The van der Waals surface area contributed by atoms with Crippen LogP contribution in [0, 0.1) is 5.82 Å². The Morgan fingerprint density at radius 2 is 2.12 bits per heavy atom. The molecular formula is C11H15FN2O3. The first-order valence-corrected chi connectivity index (χ1v) is 5.23. The fourth-order valence-corrected chi connectivity index (χ4v) is 1.12. The number of halogens is 1. The molecule has 0 spiro atoms. The Kier molecular flexibility index (Phi) is 5.81. The van der Waals surface area contributed by atoms with E-state index in [0.29, 0.717) is 12.3 Å². The topological polar surface area (TPSA) is 70.6 Å². The van der Waals surface area contributed by atoms with Gasteiger partial charge in [0.2, 0.25) is 0 Å². The van der Waals surface area contributed by atoms with Crippen molar-refractivity contribution in [3.63, 3.8) is 0 Å². The van der Waals surface area contributed by atoms with Crippen LogP contribution in [0.5, 0.6) is 5.75 Å². The van der Waals surface area contributed by atoms with E-state index in [9.17, 15) is 9.18 Å². The smallest absolute Gasteiger partial charge is 0.314 e. The summed E-state index contributed by atoms with van der Waals surface area (Å²) >= 11 is 0. The van der Waals surface area contributed by atoms with Gasteiger partial charge in [-0.3, -0.25) is 0 Å². The molecule has 0 aromatic heterocycles. The summed E-state index contributed by atoms with van der Waals surface area (Å²) in [6.07, 6.45) is 0. The fraction of sp³-hybridized carbons (Fsp3) is 0.364. The second kappa shape index (κ2) is 7.45. The molecule has 2 amide bonds. The van der Waals surface area contributed by atoms with E-state index in [0.717, 1.165) is 0 Å². The predicted molar refractivity (Wildman–Crippen MR) is 60.4 cm³/mol. The third-order valence-corrected chi connectivity index (χ3v) is 1.85. The second-order valence-corrected chi connectivity index (χ2v) is 3.21. The number of aliphatic hydroxyl groups is 1. The molecule has 1 rings (SSSR count). The SMILES string of the molecule is O=C(NCCO)NCCOc1cccc(F)c1. The Morgan fingerprint density at radius 3 is 2.82 bits per heavy atom. The van der Waals surface area contributed by atoms with Crippen LogP contribution in [0.25, 0.3) is 0 Å². The standard InChI is InChI=1S/C11H15FN2O3/c12-9-2-1-3-10(8-9)17-7-5-14-11(16)13-4-6-15/h1-3,8,15H,4-7H2,(H2,13,14,16). The highest BCUT2D eigenvalue weighted by atomic mass is 19.1. The van der Waals surface area contributed by atoms with Crippen LogP contribution in [0.4, 0.5) is 9.18 Å². The number of benzene rings is 1. The van der Waals surface area contributed by atoms with Gasteiger partial charge >= 0.3 is 6.03 Å². The number of carbonyl (C=O) groups excluding carboxylic acids is 1. The molecular weight excluding hydrogens is 227 g/mol. The molecule has 1 aromatic rings. The first-order valence-electron chi connectivity index (χ1n) is 5.23. The lowest BCUT2D eigenvalue weighted by atomic mass is 10.3. The number of carbonyl (C=O) groups is 1. The second-order valence-electron chi connectivity index (χ2n) is 3.21. The van der Waals surface area contributed by atoms with Gasteiger partial charge < -0.3 is 20.5 Å². The minimum atomic E-state index is -0.373. The number of hydrogen-bond acceptors (Lipinski definition) is 3. The Labute approximate surface area is 98.6 Å². The maximum absolute atomic E-state index is 12.8. The molecule has 0 unspecified atom stereocenters. The van der Waals surface area contributed by atoms with Gasteiger partial charge in [-0.2, -0.15) is 0 Å².